The van der Waals surface area contributed by atoms with Crippen LogP contribution in [0.25, 0.3) is 33.4 Å². The summed E-state index contributed by atoms with van der Waals surface area (Å²) in [5.74, 6) is 1.40. The first-order valence-electron chi connectivity index (χ1n) is 14.2. The Morgan fingerprint density at radius 2 is 0.810 bits per heavy atom. The van der Waals surface area contributed by atoms with Gasteiger partial charge in [-0.2, -0.15) is 0 Å². The van der Waals surface area contributed by atoms with Crippen molar-refractivity contribution in [3.05, 3.63) is 84.9 Å². The highest BCUT2D eigenvalue weighted by atomic mass is 31.2. The van der Waals surface area contributed by atoms with E-state index in [4.69, 9.17) is 27.6 Å². The van der Waals surface area contributed by atoms with Gasteiger partial charge in [-0.3, -0.25) is 0 Å². The molecule has 4 unspecified atom stereocenters. The third-order valence-electron chi connectivity index (χ3n) is 7.87. The molecule has 0 aromatic heterocycles. The van der Waals surface area contributed by atoms with Crippen molar-refractivity contribution in [3.63, 3.8) is 0 Å². The molecule has 2 fully saturated rings. The van der Waals surface area contributed by atoms with E-state index in [2.05, 4.69) is 64.1 Å². The smallest absolute Gasteiger partial charge is 0.207 e. The summed E-state index contributed by atoms with van der Waals surface area (Å²) in [4.78, 5) is 0. The molecule has 8 heteroatoms. The number of methoxy groups -OCH3 is 2. The molecule has 0 N–H and O–H groups in total. The van der Waals surface area contributed by atoms with Gasteiger partial charge in [-0.25, -0.2) is 0 Å². The largest absolute Gasteiger partial charge is 0.496 e. The minimum atomic E-state index is -1.46. The molecule has 2 aliphatic heterocycles. The molecule has 2 saturated heterocycles. The van der Waals surface area contributed by atoms with Gasteiger partial charge < -0.3 is 27.6 Å². The van der Waals surface area contributed by atoms with Crippen LogP contribution < -0.4 is 20.1 Å². The molecule has 0 radical (unpaired) electrons. The molecular weight excluding hydrogens is 566 g/mol. The SMILES string of the molecule is COc1ccc(-c2ccccc2)c(P2OC(C)C(C)O2)c1-c1c(OC)ccc(-c2ccccc2)c1P1OC(C)C(C)O1. The van der Waals surface area contributed by atoms with Crippen molar-refractivity contribution in [1.29, 1.82) is 0 Å². The maximum atomic E-state index is 6.56. The van der Waals surface area contributed by atoms with Crippen LogP contribution in [0.5, 0.6) is 11.5 Å². The van der Waals surface area contributed by atoms with Gasteiger partial charge in [-0.15, -0.1) is 0 Å². The second-order valence-corrected chi connectivity index (χ2v) is 13.3. The van der Waals surface area contributed by atoms with Crippen LogP contribution in [-0.2, 0) is 18.1 Å². The Balaban J connectivity index is 1.72. The number of hydrogen-bond donors (Lipinski definition) is 0. The van der Waals surface area contributed by atoms with Crippen LogP contribution in [0.2, 0.25) is 0 Å². The Morgan fingerprint density at radius 3 is 1.12 bits per heavy atom. The zero-order chi connectivity index (χ0) is 29.4. The predicted octanol–water partition coefficient (Wildman–Crippen LogP) is 8.23. The summed E-state index contributed by atoms with van der Waals surface area (Å²) in [5.41, 5.74) is 5.94. The van der Waals surface area contributed by atoms with Crippen molar-refractivity contribution in [3.8, 4) is 44.9 Å². The summed E-state index contributed by atoms with van der Waals surface area (Å²) >= 11 is 0. The highest BCUT2D eigenvalue weighted by Gasteiger charge is 2.41. The standard InChI is InChI=1S/C34H36O6P2/c1-21-22(2)38-41(37-21)33-27(25-13-9-7-10-14-25)17-19-29(35-5)31(33)32-30(36-6)20-18-28(26-15-11-8-12-16-26)34(32)42-39-23(3)24(4)40-42/h7-24H,1-6H3. The molecule has 0 aliphatic carbocycles. The maximum Gasteiger partial charge on any atom is 0.207 e. The van der Waals surface area contributed by atoms with Gasteiger partial charge in [0, 0.05) is 21.7 Å². The Morgan fingerprint density at radius 1 is 0.476 bits per heavy atom. The lowest BCUT2D eigenvalue weighted by molar-refractivity contribution is 0.187. The molecule has 42 heavy (non-hydrogen) atoms. The van der Waals surface area contributed by atoms with Gasteiger partial charge in [0.1, 0.15) is 11.5 Å². The Labute approximate surface area is 250 Å². The van der Waals surface area contributed by atoms with E-state index >= 15 is 0 Å². The number of ether oxygens (including phenoxy) is 2. The predicted molar refractivity (Wildman–Crippen MR) is 171 cm³/mol. The van der Waals surface area contributed by atoms with E-state index in [1.54, 1.807) is 14.2 Å². The fourth-order valence-electron chi connectivity index (χ4n) is 5.26. The molecular formula is C34H36O6P2. The summed E-state index contributed by atoms with van der Waals surface area (Å²) in [6.45, 7) is 8.24. The quantitative estimate of drug-likeness (QED) is 0.199. The minimum absolute atomic E-state index is 0.0524. The maximum absolute atomic E-state index is 6.56. The molecule has 0 spiro atoms. The van der Waals surface area contributed by atoms with Gasteiger partial charge in [0.2, 0.25) is 16.8 Å². The van der Waals surface area contributed by atoms with Gasteiger partial charge in [-0.05, 0) is 74.2 Å². The molecule has 0 saturated carbocycles. The fraction of sp³-hybridized carbons (Fsp3) is 0.294. The lowest BCUT2D eigenvalue weighted by Crippen LogP contribution is -2.19. The van der Waals surface area contributed by atoms with Crippen LogP contribution in [0.1, 0.15) is 27.7 Å². The normalized spacial score (nSPS) is 25.5. The molecule has 4 atom stereocenters. The third kappa shape index (κ3) is 5.37. The lowest BCUT2D eigenvalue weighted by atomic mass is 9.94. The van der Waals surface area contributed by atoms with Crippen molar-refractivity contribution in [2.45, 2.75) is 52.1 Å². The van der Waals surface area contributed by atoms with Crippen LogP contribution in [0, 0.1) is 0 Å². The van der Waals surface area contributed by atoms with Gasteiger partial charge in [0.05, 0.1) is 38.6 Å². The first-order chi connectivity index (χ1) is 20.4. The number of hydrogen-bond acceptors (Lipinski definition) is 6. The topological polar surface area (TPSA) is 55.4 Å². The zero-order valence-corrected chi connectivity index (χ0v) is 26.5. The van der Waals surface area contributed by atoms with Crippen molar-refractivity contribution in [2.24, 2.45) is 0 Å². The van der Waals surface area contributed by atoms with Crippen molar-refractivity contribution >= 4 is 27.4 Å². The number of benzene rings is 4. The summed E-state index contributed by atoms with van der Waals surface area (Å²) < 4.78 is 38.5. The van der Waals surface area contributed by atoms with E-state index in [0.29, 0.717) is 11.5 Å². The van der Waals surface area contributed by atoms with Crippen LogP contribution in [0.3, 0.4) is 0 Å². The third-order valence-corrected chi connectivity index (χ3v) is 11.6. The summed E-state index contributed by atoms with van der Waals surface area (Å²) in [6, 6.07) is 28.9. The Bertz CT molecular complexity index is 1410. The van der Waals surface area contributed by atoms with Gasteiger partial charge >= 0.3 is 0 Å². The molecule has 4 aromatic rings. The van der Waals surface area contributed by atoms with Crippen LogP contribution in [0.15, 0.2) is 84.9 Å². The van der Waals surface area contributed by atoms with E-state index in [-0.39, 0.29) is 24.4 Å². The van der Waals surface area contributed by atoms with Gasteiger partial charge in [0.25, 0.3) is 0 Å². The lowest BCUT2D eigenvalue weighted by Gasteiger charge is -2.26. The van der Waals surface area contributed by atoms with E-state index in [9.17, 15) is 0 Å². The average molecular weight is 603 g/mol. The van der Waals surface area contributed by atoms with Crippen molar-refractivity contribution in [1.82, 2.24) is 0 Å². The van der Waals surface area contributed by atoms with E-state index in [0.717, 1.165) is 44.0 Å². The molecule has 0 amide bonds. The molecule has 6 rings (SSSR count). The van der Waals surface area contributed by atoms with Crippen molar-refractivity contribution < 1.29 is 27.6 Å². The fourth-order valence-corrected chi connectivity index (χ4v) is 9.28. The second kappa shape index (κ2) is 12.4. The highest BCUT2D eigenvalue weighted by Crippen LogP contribution is 2.57. The van der Waals surface area contributed by atoms with E-state index < -0.39 is 16.8 Å². The van der Waals surface area contributed by atoms with Crippen LogP contribution in [0.4, 0.5) is 0 Å². The summed E-state index contributed by atoms with van der Waals surface area (Å²) in [5, 5.41) is 1.90. The average Bonchev–Trinajstić information content (AvgIpc) is 3.54. The molecule has 2 aliphatic rings. The van der Waals surface area contributed by atoms with E-state index in [1.165, 1.54) is 0 Å². The zero-order valence-electron chi connectivity index (χ0n) is 24.7. The Kier molecular flexibility index (Phi) is 8.65. The molecule has 6 nitrogen and oxygen atoms in total. The minimum Gasteiger partial charge on any atom is -0.496 e. The first-order valence-corrected chi connectivity index (χ1v) is 16.6. The second-order valence-electron chi connectivity index (χ2n) is 10.6. The first kappa shape index (κ1) is 29.3. The van der Waals surface area contributed by atoms with Crippen molar-refractivity contribution in [2.75, 3.05) is 14.2 Å². The number of rotatable bonds is 7. The van der Waals surface area contributed by atoms with Crippen LogP contribution >= 0.6 is 16.8 Å². The highest BCUT2D eigenvalue weighted by molar-refractivity contribution is 7.57. The molecule has 0 bridgehead atoms. The van der Waals surface area contributed by atoms with Gasteiger partial charge in [-0.1, -0.05) is 60.7 Å². The Hall–Kier alpha value is -2.82. The molecule has 2 heterocycles. The molecule has 218 valence electrons. The van der Waals surface area contributed by atoms with E-state index in [1.807, 2.05) is 48.5 Å². The summed E-state index contributed by atoms with van der Waals surface area (Å²) in [7, 11) is 0.472. The van der Waals surface area contributed by atoms with Gasteiger partial charge in [0.15, 0.2) is 0 Å². The van der Waals surface area contributed by atoms with Crippen LogP contribution in [-0.4, -0.2) is 38.6 Å². The summed E-state index contributed by atoms with van der Waals surface area (Å²) in [6.07, 6.45) is -0.210. The monoisotopic (exact) mass is 602 g/mol. The molecule has 4 aromatic carbocycles.